The van der Waals surface area contributed by atoms with Crippen LogP contribution in [-0.2, 0) is 38.6 Å². The number of carbonyl (C=O) groups is 5. The van der Waals surface area contributed by atoms with Crippen molar-refractivity contribution in [1.82, 2.24) is 31.3 Å². The van der Waals surface area contributed by atoms with E-state index in [9.17, 15) is 24.0 Å². The maximum atomic E-state index is 13.6. The van der Waals surface area contributed by atoms with Crippen LogP contribution >= 0.6 is 0 Å². The Bertz CT molecular complexity index is 1540. The first-order valence-electron chi connectivity index (χ1n) is 15.6. The van der Waals surface area contributed by atoms with E-state index in [2.05, 4.69) is 26.4 Å². The molecule has 1 aliphatic rings. The molecule has 13 heteroatoms. The fourth-order valence-corrected chi connectivity index (χ4v) is 5.11. The summed E-state index contributed by atoms with van der Waals surface area (Å²) < 4.78 is 10.6. The van der Waals surface area contributed by atoms with E-state index in [1.54, 1.807) is 31.4 Å². The number of fused-ring (bicyclic) bond motifs is 2. The van der Waals surface area contributed by atoms with Gasteiger partial charge in [0.2, 0.25) is 23.6 Å². The molecule has 4 N–H and O–H groups in total. The van der Waals surface area contributed by atoms with E-state index in [-0.39, 0.29) is 55.8 Å². The molecule has 0 aliphatic carbocycles. The molecule has 1 aliphatic heterocycles. The minimum atomic E-state index is -1.02. The second kappa shape index (κ2) is 16.4. The zero-order valence-electron chi connectivity index (χ0n) is 27.1. The summed E-state index contributed by atoms with van der Waals surface area (Å²) in [5.74, 6) is -1.52. The first-order chi connectivity index (χ1) is 22.5. The normalized spacial score (nSPS) is 19.9. The van der Waals surface area contributed by atoms with Crippen LogP contribution in [0.25, 0.3) is 0 Å². The SMILES string of the molecule is COc1ccc(CC(=O)N2CCNC(=O)[C@@H](Cc3ccccc3)NC(=O)[C@@H](CC(C)C)NC(=O)[C@@H](C)NC(=O)c3cc(on3)C2)cc1. The van der Waals surface area contributed by atoms with Crippen molar-refractivity contribution < 1.29 is 33.2 Å². The van der Waals surface area contributed by atoms with E-state index < -0.39 is 41.8 Å². The van der Waals surface area contributed by atoms with Crippen LogP contribution in [0.3, 0.4) is 0 Å². The Morgan fingerprint density at radius 3 is 2.32 bits per heavy atom. The van der Waals surface area contributed by atoms with Crippen molar-refractivity contribution in [2.45, 2.75) is 64.7 Å². The minimum Gasteiger partial charge on any atom is -0.497 e. The topological polar surface area (TPSA) is 172 Å². The van der Waals surface area contributed by atoms with Crippen molar-refractivity contribution in [2.24, 2.45) is 5.92 Å². The van der Waals surface area contributed by atoms with Gasteiger partial charge in [0.15, 0.2) is 11.5 Å². The van der Waals surface area contributed by atoms with Crippen LogP contribution < -0.4 is 26.0 Å². The van der Waals surface area contributed by atoms with E-state index >= 15 is 0 Å². The number of nitrogens with one attached hydrogen (secondary N) is 4. The third-order valence-electron chi connectivity index (χ3n) is 7.68. The quantitative estimate of drug-likeness (QED) is 0.301. The van der Waals surface area contributed by atoms with Gasteiger partial charge >= 0.3 is 0 Å². The lowest BCUT2D eigenvalue weighted by atomic mass is 10.0. The molecule has 2 bridgehead atoms. The number of hydrogen-bond donors (Lipinski definition) is 4. The summed E-state index contributed by atoms with van der Waals surface area (Å²) >= 11 is 0. The van der Waals surface area contributed by atoms with Crippen LogP contribution in [0.1, 0.15) is 54.6 Å². The Balaban J connectivity index is 1.61. The molecule has 0 saturated heterocycles. The van der Waals surface area contributed by atoms with Crippen LogP contribution in [0.15, 0.2) is 65.2 Å². The number of benzene rings is 2. The summed E-state index contributed by atoms with van der Waals surface area (Å²) in [7, 11) is 1.56. The third kappa shape index (κ3) is 10.1. The summed E-state index contributed by atoms with van der Waals surface area (Å²) in [4.78, 5) is 68.2. The molecule has 0 radical (unpaired) electrons. The first kappa shape index (κ1) is 34.7. The highest BCUT2D eigenvalue weighted by molar-refractivity contribution is 5.97. The molecule has 2 heterocycles. The number of amides is 5. The summed E-state index contributed by atoms with van der Waals surface area (Å²) in [6.07, 6.45) is 0.569. The van der Waals surface area contributed by atoms with Crippen molar-refractivity contribution in [3.63, 3.8) is 0 Å². The monoisotopic (exact) mass is 646 g/mol. The van der Waals surface area contributed by atoms with E-state index in [0.29, 0.717) is 12.2 Å². The molecule has 13 nitrogen and oxygen atoms in total. The van der Waals surface area contributed by atoms with Crippen molar-refractivity contribution >= 4 is 29.5 Å². The second-order valence-electron chi connectivity index (χ2n) is 11.9. The lowest BCUT2D eigenvalue weighted by Gasteiger charge is -2.26. The molecule has 0 fully saturated rings. The molecule has 47 heavy (non-hydrogen) atoms. The Morgan fingerprint density at radius 1 is 0.936 bits per heavy atom. The molecule has 1 aromatic heterocycles. The molecular formula is C34H42N6O7. The summed E-state index contributed by atoms with van der Waals surface area (Å²) in [6.45, 7) is 5.46. The zero-order valence-corrected chi connectivity index (χ0v) is 27.1. The van der Waals surface area contributed by atoms with Crippen molar-refractivity contribution in [3.8, 4) is 5.75 Å². The van der Waals surface area contributed by atoms with Gasteiger partial charge in [-0.25, -0.2) is 0 Å². The van der Waals surface area contributed by atoms with E-state index in [1.165, 1.54) is 17.9 Å². The van der Waals surface area contributed by atoms with Crippen molar-refractivity contribution in [3.05, 3.63) is 83.2 Å². The van der Waals surface area contributed by atoms with Crippen LogP contribution in [0.5, 0.6) is 5.75 Å². The number of rotatable bonds is 7. The zero-order chi connectivity index (χ0) is 33.9. The first-order valence-corrected chi connectivity index (χ1v) is 15.6. The molecule has 2 aromatic carbocycles. The molecule has 3 aromatic rings. The molecule has 0 unspecified atom stereocenters. The number of ether oxygens (including phenoxy) is 1. The number of carbonyl (C=O) groups excluding carboxylic acids is 5. The maximum absolute atomic E-state index is 13.6. The van der Waals surface area contributed by atoms with Gasteiger partial charge in [-0.1, -0.05) is 61.5 Å². The molecule has 0 saturated carbocycles. The maximum Gasteiger partial charge on any atom is 0.274 e. The highest BCUT2D eigenvalue weighted by atomic mass is 16.5. The van der Waals surface area contributed by atoms with Crippen LogP contribution in [0.4, 0.5) is 0 Å². The number of nitrogens with zero attached hydrogens (tertiary/aromatic N) is 2. The smallest absolute Gasteiger partial charge is 0.274 e. The highest BCUT2D eigenvalue weighted by Gasteiger charge is 2.30. The number of methoxy groups -OCH3 is 1. The molecule has 3 atom stereocenters. The van der Waals surface area contributed by atoms with Gasteiger partial charge in [-0.15, -0.1) is 0 Å². The van der Waals surface area contributed by atoms with Crippen LogP contribution in [-0.4, -0.2) is 77.9 Å². The summed E-state index contributed by atoms with van der Waals surface area (Å²) in [5.41, 5.74) is 1.51. The molecule has 0 spiro atoms. The van der Waals surface area contributed by atoms with Gasteiger partial charge in [-0.2, -0.15) is 0 Å². The average molecular weight is 647 g/mol. The molecule has 4 rings (SSSR count). The Hall–Kier alpha value is -5.20. The molecule has 5 amide bonds. The van der Waals surface area contributed by atoms with E-state index in [1.807, 2.05) is 44.2 Å². The van der Waals surface area contributed by atoms with Gasteiger partial charge in [-0.3, -0.25) is 24.0 Å². The van der Waals surface area contributed by atoms with Gasteiger partial charge < -0.3 is 35.4 Å². The van der Waals surface area contributed by atoms with E-state index in [0.717, 1.165) is 11.1 Å². The van der Waals surface area contributed by atoms with Gasteiger partial charge in [0.25, 0.3) is 5.91 Å². The fourth-order valence-electron chi connectivity index (χ4n) is 5.11. The predicted octanol–water partition coefficient (Wildman–Crippen LogP) is 1.76. The van der Waals surface area contributed by atoms with Gasteiger partial charge in [0.05, 0.1) is 20.1 Å². The molecular weight excluding hydrogens is 604 g/mol. The standard InChI is InChI=1S/C34H42N6O7/c1-21(2)16-27-33(44)38-28(17-23-8-6-5-7-9-23)32(43)35-14-15-40(30(41)18-24-10-12-25(46-4)13-11-24)20-26-19-29(39-47-26)34(45)36-22(3)31(42)37-27/h5-13,19,21-22,27-28H,14-18,20H2,1-4H3,(H,35,43)(H,36,45)(H,37,42)(H,38,44)/t22-,27-,28-/m1/s1. The largest absolute Gasteiger partial charge is 0.497 e. The number of aromatic nitrogens is 1. The van der Waals surface area contributed by atoms with Gasteiger partial charge in [0.1, 0.15) is 23.9 Å². The second-order valence-corrected chi connectivity index (χ2v) is 11.9. The Labute approximate surface area is 273 Å². The predicted molar refractivity (Wildman–Crippen MR) is 172 cm³/mol. The fraction of sp³-hybridized carbons (Fsp3) is 0.412. The summed E-state index contributed by atoms with van der Waals surface area (Å²) in [6, 6.07) is 14.8. The minimum absolute atomic E-state index is 0.0256. The Kier molecular flexibility index (Phi) is 12.1. The van der Waals surface area contributed by atoms with Crippen molar-refractivity contribution in [2.75, 3.05) is 20.2 Å². The lowest BCUT2D eigenvalue weighted by molar-refractivity contribution is -0.133. The average Bonchev–Trinajstić information content (AvgIpc) is 3.52. The lowest BCUT2D eigenvalue weighted by Crippen LogP contribution is -2.57. The third-order valence-corrected chi connectivity index (χ3v) is 7.68. The van der Waals surface area contributed by atoms with Crippen molar-refractivity contribution in [1.29, 1.82) is 0 Å². The molecule has 250 valence electrons. The Morgan fingerprint density at radius 2 is 1.64 bits per heavy atom. The van der Waals surface area contributed by atoms with Crippen LogP contribution in [0, 0.1) is 5.92 Å². The van der Waals surface area contributed by atoms with Gasteiger partial charge in [0, 0.05) is 25.6 Å². The number of hydrogen-bond acceptors (Lipinski definition) is 8. The van der Waals surface area contributed by atoms with Gasteiger partial charge in [-0.05, 0) is 42.5 Å². The van der Waals surface area contributed by atoms with Crippen LogP contribution in [0.2, 0.25) is 0 Å². The summed E-state index contributed by atoms with van der Waals surface area (Å²) in [5, 5.41) is 14.8. The van der Waals surface area contributed by atoms with E-state index in [4.69, 9.17) is 9.26 Å². The highest BCUT2D eigenvalue weighted by Crippen LogP contribution is 2.15.